The minimum Gasteiger partial charge on any atom is -0.443 e. The highest BCUT2D eigenvalue weighted by atomic mass is 16.6. The van der Waals surface area contributed by atoms with Gasteiger partial charge in [-0.3, -0.25) is 24.0 Å². The molecule has 4 aromatic rings. The number of hydrogen-bond donors (Lipinski definition) is 2. The molecule has 0 bridgehead atoms. The second-order valence-electron chi connectivity index (χ2n) is 12.6. The SMILES string of the molecule is CC(C)(C)OC(=O)N(Cc1ccccc1)c1ncnc2c1ncn2C1CCC(CN2C(=O)c3ccccc3C2=O)O1.CC(C)(O)O. The van der Waals surface area contributed by atoms with Crippen molar-refractivity contribution in [2.45, 2.75) is 77.7 Å². The van der Waals surface area contributed by atoms with Crippen molar-refractivity contribution in [1.82, 2.24) is 24.4 Å². The van der Waals surface area contributed by atoms with Gasteiger partial charge in [-0.15, -0.1) is 0 Å². The van der Waals surface area contributed by atoms with Crippen molar-refractivity contribution in [3.05, 3.63) is 83.9 Å². The van der Waals surface area contributed by atoms with E-state index in [9.17, 15) is 14.4 Å². The second-order valence-corrected chi connectivity index (χ2v) is 12.6. The monoisotopic (exact) mass is 630 g/mol. The van der Waals surface area contributed by atoms with E-state index in [0.717, 1.165) is 5.56 Å². The van der Waals surface area contributed by atoms with Gasteiger partial charge in [-0.05, 0) is 65.2 Å². The summed E-state index contributed by atoms with van der Waals surface area (Å²) in [7, 11) is 0. The van der Waals surface area contributed by atoms with Gasteiger partial charge in [0, 0.05) is 0 Å². The standard InChI is InChI=1S/C30H30N6O5.C3H8O2/c1-30(2,3)41-29(39)34(15-19-9-5-4-6-10-19)25-24-26(32-17-31-25)36(18-33-24)23-14-13-20(40-23)16-35-27(37)21-11-7-8-12-22(21)28(35)38;1-3(2,4)5/h4-12,17-18,20,23H,13-16H2,1-3H3;4-5H,1-2H3. The molecule has 0 radical (unpaired) electrons. The Kier molecular flexibility index (Phi) is 9.20. The van der Waals surface area contributed by atoms with Crippen LogP contribution in [-0.2, 0) is 16.0 Å². The largest absolute Gasteiger partial charge is 0.443 e. The molecule has 4 heterocycles. The smallest absolute Gasteiger partial charge is 0.416 e. The molecule has 0 aliphatic carbocycles. The summed E-state index contributed by atoms with van der Waals surface area (Å²) in [5, 5.41) is 16.2. The fourth-order valence-electron chi connectivity index (χ4n) is 5.19. The molecule has 13 heteroatoms. The topological polar surface area (TPSA) is 160 Å². The Labute approximate surface area is 266 Å². The first-order valence-electron chi connectivity index (χ1n) is 15.0. The number of amides is 3. The molecule has 2 aliphatic heterocycles. The van der Waals surface area contributed by atoms with E-state index >= 15 is 0 Å². The number of benzene rings is 2. The van der Waals surface area contributed by atoms with Crippen molar-refractivity contribution >= 4 is 34.9 Å². The Balaban J connectivity index is 0.000000775. The zero-order chi connectivity index (χ0) is 33.2. The van der Waals surface area contributed by atoms with Gasteiger partial charge in [-0.1, -0.05) is 42.5 Å². The molecule has 6 rings (SSSR count). The average Bonchev–Trinajstić information content (AvgIpc) is 3.69. The van der Waals surface area contributed by atoms with Crippen molar-refractivity contribution in [3.8, 4) is 0 Å². The van der Waals surface area contributed by atoms with Gasteiger partial charge in [0.25, 0.3) is 11.8 Å². The number of imide groups is 1. The normalized spacial score (nSPS) is 17.9. The number of ether oxygens (including phenoxy) is 2. The predicted molar refractivity (Wildman–Crippen MR) is 168 cm³/mol. The van der Waals surface area contributed by atoms with Crippen molar-refractivity contribution < 1.29 is 34.1 Å². The Bertz CT molecular complexity index is 1690. The number of nitrogens with zero attached hydrogens (tertiary/aromatic N) is 6. The summed E-state index contributed by atoms with van der Waals surface area (Å²) in [4.78, 5) is 55.2. The minimum absolute atomic E-state index is 0.166. The quantitative estimate of drug-likeness (QED) is 0.230. The van der Waals surface area contributed by atoms with Crippen molar-refractivity contribution in [2.75, 3.05) is 11.4 Å². The van der Waals surface area contributed by atoms with E-state index in [-0.39, 0.29) is 31.0 Å². The van der Waals surface area contributed by atoms with Crippen LogP contribution in [0.2, 0.25) is 0 Å². The van der Waals surface area contributed by atoms with Crippen molar-refractivity contribution in [1.29, 1.82) is 0 Å². The molecular formula is C33H38N6O7. The highest BCUT2D eigenvalue weighted by molar-refractivity contribution is 6.21. The van der Waals surface area contributed by atoms with Crippen LogP contribution in [0.5, 0.6) is 0 Å². The van der Waals surface area contributed by atoms with Crippen LogP contribution >= 0.6 is 0 Å². The number of rotatable bonds is 6. The number of aliphatic hydroxyl groups is 2. The van der Waals surface area contributed by atoms with E-state index in [1.54, 1.807) is 35.2 Å². The maximum atomic E-state index is 13.3. The molecule has 1 fully saturated rings. The van der Waals surface area contributed by atoms with Crippen LogP contribution < -0.4 is 4.90 Å². The van der Waals surface area contributed by atoms with Gasteiger partial charge in [0.2, 0.25) is 0 Å². The lowest BCUT2D eigenvalue weighted by atomic mass is 10.1. The third kappa shape index (κ3) is 7.56. The van der Waals surface area contributed by atoms with E-state index < -0.39 is 23.7 Å². The van der Waals surface area contributed by atoms with Gasteiger partial charge in [-0.2, -0.15) is 0 Å². The van der Waals surface area contributed by atoms with Crippen molar-refractivity contribution in [3.63, 3.8) is 0 Å². The first-order valence-corrected chi connectivity index (χ1v) is 15.0. The number of fused-ring (bicyclic) bond motifs is 2. The lowest BCUT2D eigenvalue weighted by Crippen LogP contribution is -2.37. The first-order chi connectivity index (χ1) is 21.7. The van der Waals surface area contributed by atoms with Crippen LogP contribution in [0.3, 0.4) is 0 Å². The van der Waals surface area contributed by atoms with Crippen molar-refractivity contribution in [2.24, 2.45) is 0 Å². The maximum absolute atomic E-state index is 13.3. The fraction of sp³-hybridized carbons (Fsp3) is 0.394. The van der Waals surface area contributed by atoms with Crippen LogP contribution in [0.25, 0.3) is 11.2 Å². The Morgan fingerprint density at radius 1 is 0.935 bits per heavy atom. The molecule has 2 N–H and O–H groups in total. The fourth-order valence-corrected chi connectivity index (χ4v) is 5.19. The number of aromatic nitrogens is 4. The molecule has 1 saturated heterocycles. The van der Waals surface area contributed by atoms with Gasteiger partial charge in [-0.25, -0.2) is 19.7 Å². The summed E-state index contributed by atoms with van der Waals surface area (Å²) in [6.45, 7) is 8.43. The molecular weight excluding hydrogens is 592 g/mol. The molecule has 2 unspecified atom stereocenters. The first kappa shape index (κ1) is 32.7. The Morgan fingerprint density at radius 2 is 1.54 bits per heavy atom. The van der Waals surface area contributed by atoms with Gasteiger partial charge in [0.1, 0.15) is 18.2 Å². The molecule has 0 saturated carbocycles. The number of carbonyl (C=O) groups is 3. The summed E-state index contributed by atoms with van der Waals surface area (Å²) < 4.78 is 13.8. The second kappa shape index (κ2) is 12.9. The zero-order valence-corrected chi connectivity index (χ0v) is 26.5. The van der Waals surface area contributed by atoms with Crippen LogP contribution in [0.15, 0.2) is 67.3 Å². The lowest BCUT2D eigenvalue weighted by Gasteiger charge is -2.27. The van der Waals surface area contributed by atoms with Crippen LogP contribution in [0.4, 0.5) is 10.6 Å². The maximum Gasteiger partial charge on any atom is 0.416 e. The van der Waals surface area contributed by atoms with E-state index in [1.165, 1.54) is 30.0 Å². The van der Waals surface area contributed by atoms with E-state index in [2.05, 4.69) is 15.0 Å². The number of carbonyl (C=O) groups excluding carboxylic acids is 3. The van der Waals surface area contributed by atoms with Gasteiger partial charge >= 0.3 is 6.09 Å². The summed E-state index contributed by atoms with van der Waals surface area (Å²) in [6.07, 6.45) is 3.00. The summed E-state index contributed by atoms with van der Waals surface area (Å²) in [6, 6.07) is 16.4. The number of hydrogen-bond acceptors (Lipinski definition) is 10. The molecule has 2 aliphatic rings. The average molecular weight is 631 g/mol. The third-order valence-corrected chi connectivity index (χ3v) is 7.05. The highest BCUT2D eigenvalue weighted by Gasteiger charge is 2.39. The molecule has 242 valence electrons. The Morgan fingerprint density at radius 3 is 2.15 bits per heavy atom. The summed E-state index contributed by atoms with van der Waals surface area (Å²) in [5.41, 5.74) is 1.97. The van der Waals surface area contributed by atoms with Crippen LogP contribution in [0, 0.1) is 0 Å². The third-order valence-electron chi connectivity index (χ3n) is 7.05. The Hall–Kier alpha value is -4.72. The van der Waals surface area contributed by atoms with Crippen LogP contribution in [-0.4, -0.2) is 76.6 Å². The van der Waals surface area contributed by atoms with Gasteiger partial charge in [0.05, 0.1) is 36.6 Å². The summed E-state index contributed by atoms with van der Waals surface area (Å²) in [5.74, 6) is -1.78. The predicted octanol–water partition coefficient (Wildman–Crippen LogP) is 4.45. The number of imidazole rings is 1. The molecule has 13 nitrogen and oxygen atoms in total. The minimum atomic E-state index is -1.50. The molecule has 2 aromatic heterocycles. The lowest BCUT2D eigenvalue weighted by molar-refractivity contribution is -0.127. The molecule has 2 aromatic carbocycles. The van der Waals surface area contributed by atoms with E-state index in [1.807, 2.05) is 51.1 Å². The molecule has 3 amide bonds. The van der Waals surface area contributed by atoms with Crippen LogP contribution in [0.1, 0.15) is 80.0 Å². The molecule has 2 atom stereocenters. The van der Waals surface area contributed by atoms with Gasteiger partial charge in [0.15, 0.2) is 22.8 Å². The zero-order valence-electron chi connectivity index (χ0n) is 26.5. The highest BCUT2D eigenvalue weighted by Crippen LogP contribution is 2.34. The molecule has 46 heavy (non-hydrogen) atoms. The van der Waals surface area contributed by atoms with E-state index in [0.29, 0.717) is 41.0 Å². The summed E-state index contributed by atoms with van der Waals surface area (Å²) >= 11 is 0. The molecule has 0 spiro atoms. The number of anilines is 1. The van der Waals surface area contributed by atoms with E-state index in [4.69, 9.17) is 19.7 Å². The van der Waals surface area contributed by atoms with Gasteiger partial charge < -0.3 is 19.7 Å².